The van der Waals surface area contributed by atoms with Crippen LogP contribution >= 0.6 is 24.0 Å². The van der Waals surface area contributed by atoms with Crippen LogP contribution in [0.3, 0.4) is 0 Å². The molecular formula is C11H18Cl2N2. The molecule has 1 aromatic heterocycles. The zero-order chi connectivity index (χ0) is 10.4. The van der Waals surface area contributed by atoms with E-state index in [9.17, 15) is 0 Å². The van der Waals surface area contributed by atoms with Gasteiger partial charge in [0.2, 0.25) is 0 Å². The molecule has 0 amide bonds. The van der Waals surface area contributed by atoms with E-state index in [4.69, 9.17) is 17.3 Å². The second-order valence-electron chi connectivity index (χ2n) is 3.50. The van der Waals surface area contributed by atoms with Crippen molar-refractivity contribution in [3.05, 3.63) is 29.0 Å². The molecule has 0 aliphatic heterocycles. The summed E-state index contributed by atoms with van der Waals surface area (Å²) in [6.45, 7) is 2.19. The average Bonchev–Trinajstić information content (AvgIpc) is 2.18. The number of pyridine rings is 1. The Balaban J connectivity index is 0.00000196. The maximum absolute atomic E-state index is 6.02. The molecule has 15 heavy (non-hydrogen) atoms. The minimum atomic E-state index is 0. The van der Waals surface area contributed by atoms with Crippen LogP contribution in [0.1, 0.15) is 44.2 Å². The van der Waals surface area contributed by atoms with Gasteiger partial charge < -0.3 is 5.73 Å². The predicted octanol–water partition coefficient (Wildman–Crippen LogP) is 3.74. The van der Waals surface area contributed by atoms with Gasteiger partial charge in [-0.25, -0.2) is 0 Å². The Morgan fingerprint density at radius 1 is 1.47 bits per heavy atom. The summed E-state index contributed by atoms with van der Waals surface area (Å²) < 4.78 is 0. The first-order chi connectivity index (χ1) is 6.75. The molecule has 1 atom stereocenters. The number of halogens is 2. The van der Waals surface area contributed by atoms with Crippen molar-refractivity contribution in [3.63, 3.8) is 0 Å². The molecule has 0 saturated heterocycles. The van der Waals surface area contributed by atoms with Gasteiger partial charge in [0.05, 0.1) is 5.02 Å². The third kappa shape index (κ3) is 4.83. The smallest absolute Gasteiger partial charge is 0.0637 e. The van der Waals surface area contributed by atoms with E-state index in [2.05, 4.69) is 11.9 Å². The summed E-state index contributed by atoms with van der Waals surface area (Å²) in [5.74, 6) is 0. The van der Waals surface area contributed by atoms with Crippen LogP contribution in [-0.4, -0.2) is 4.98 Å². The van der Waals surface area contributed by atoms with Crippen molar-refractivity contribution in [2.24, 2.45) is 5.73 Å². The fraction of sp³-hybridized carbons (Fsp3) is 0.545. The number of nitrogens with zero attached hydrogens (tertiary/aromatic N) is 1. The van der Waals surface area contributed by atoms with Gasteiger partial charge in [0.1, 0.15) is 0 Å². The van der Waals surface area contributed by atoms with E-state index >= 15 is 0 Å². The first-order valence-corrected chi connectivity index (χ1v) is 5.48. The zero-order valence-corrected chi connectivity index (χ0v) is 10.5. The molecule has 0 unspecified atom stereocenters. The van der Waals surface area contributed by atoms with E-state index in [0.29, 0.717) is 5.02 Å². The Labute approximate surface area is 103 Å². The van der Waals surface area contributed by atoms with Gasteiger partial charge >= 0.3 is 0 Å². The summed E-state index contributed by atoms with van der Waals surface area (Å²) in [4.78, 5) is 3.94. The van der Waals surface area contributed by atoms with Crippen LogP contribution in [0.5, 0.6) is 0 Å². The van der Waals surface area contributed by atoms with Crippen molar-refractivity contribution >= 4 is 24.0 Å². The molecule has 0 fully saturated rings. The number of nitrogens with two attached hydrogens (primary N) is 1. The Hall–Kier alpha value is -0.310. The third-order valence-corrected chi connectivity index (χ3v) is 2.64. The molecule has 1 aromatic rings. The Bertz CT molecular complexity index is 279. The predicted molar refractivity (Wildman–Crippen MR) is 67.6 cm³/mol. The van der Waals surface area contributed by atoms with Crippen LogP contribution in [0.15, 0.2) is 18.5 Å². The third-order valence-electron chi connectivity index (χ3n) is 2.32. The van der Waals surface area contributed by atoms with E-state index in [1.54, 1.807) is 12.4 Å². The van der Waals surface area contributed by atoms with Crippen LogP contribution < -0.4 is 5.73 Å². The number of aromatic nitrogens is 1. The molecule has 0 aliphatic rings. The SMILES string of the molecule is CCCCC[C@@H](N)c1ccncc1Cl.Cl. The van der Waals surface area contributed by atoms with Crippen LogP contribution in [0, 0.1) is 0 Å². The van der Waals surface area contributed by atoms with E-state index < -0.39 is 0 Å². The van der Waals surface area contributed by atoms with E-state index in [1.165, 1.54) is 12.8 Å². The van der Waals surface area contributed by atoms with Crippen molar-refractivity contribution in [2.75, 3.05) is 0 Å². The normalized spacial score (nSPS) is 11.9. The lowest BCUT2D eigenvalue weighted by Crippen LogP contribution is -2.10. The van der Waals surface area contributed by atoms with Crippen molar-refractivity contribution in [2.45, 2.75) is 38.6 Å². The molecule has 0 aliphatic carbocycles. The number of hydrogen-bond acceptors (Lipinski definition) is 2. The quantitative estimate of drug-likeness (QED) is 0.807. The molecule has 4 heteroatoms. The monoisotopic (exact) mass is 248 g/mol. The molecular weight excluding hydrogens is 231 g/mol. The van der Waals surface area contributed by atoms with Crippen molar-refractivity contribution < 1.29 is 0 Å². The molecule has 2 N–H and O–H groups in total. The lowest BCUT2D eigenvalue weighted by atomic mass is 10.0. The highest BCUT2D eigenvalue weighted by atomic mass is 35.5. The topological polar surface area (TPSA) is 38.9 Å². The molecule has 0 saturated carbocycles. The molecule has 1 rings (SSSR count). The van der Waals surface area contributed by atoms with Crippen LogP contribution in [-0.2, 0) is 0 Å². The van der Waals surface area contributed by atoms with Gasteiger partial charge in [-0.15, -0.1) is 12.4 Å². The summed E-state index contributed by atoms with van der Waals surface area (Å²) in [5.41, 5.74) is 7.04. The van der Waals surface area contributed by atoms with Crippen molar-refractivity contribution in [1.82, 2.24) is 4.98 Å². The lowest BCUT2D eigenvalue weighted by molar-refractivity contribution is 0.581. The first kappa shape index (κ1) is 14.7. The van der Waals surface area contributed by atoms with Crippen LogP contribution in [0.25, 0.3) is 0 Å². The molecule has 86 valence electrons. The van der Waals surface area contributed by atoms with Gasteiger partial charge in [0, 0.05) is 18.4 Å². The summed E-state index contributed by atoms with van der Waals surface area (Å²) in [7, 11) is 0. The summed E-state index contributed by atoms with van der Waals surface area (Å²) >= 11 is 5.99. The van der Waals surface area contributed by atoms with Gasteiger partial charge in [0.25, 0.3) is 0 Å². The molecule has 2 nitrogen and oxygen atoms in total. The highest BCUT2D eigenvalue weighted by Gasteiger charge is 2.08. The van der Waals surface area contributed by atoms with E-state index in [-0.39, 0.29) is 18.4 Å². The minimum absolute atomic E-state index is 0. The van der Waals surface area contributed by atoms with Gasteiger partial charge in [-0.3, -0.25) is 4.98 Å². The Kier molecular flexibility index (Phi) is 7.75. The Morgan fingerprint density at radius 3 is 2.80 bits per heavy atom. The Morgan fingerprint density at radius 2 is 2.20 bits per heavy atom. The maximum Gasteiger partial charge on any atom is 0.0637 e. The maximum atomic E-state index is 6.02. The lowest BCUT2D eigenvalue weighted by Gasteiger charge is -2.12. The van der Waals surface area contributed by atoms with Crippen molar-refractivity contribution in [3.8, 4) is 0 Å². The van der Waals surface area contributed by atoms with Gasteiger partial charge in [-0.1, -0.05) is 37.8 Å². The molecule has 1 heterocycles. The zero-order valence-electron chi connectivity index (χ0n) is 8.95. The fourth-order valence-corrected chi connectivity index (χ4v) is 1.72. The van der Waals surface area contributed by atoms with Crippen LogP contribution in [0.4, 0.5) is 0 Å². The summed E-state index contributed by atoms with van der Waals surface area (Å²) in [6, 6.07) is 1.95. The van der Waals surface area contributed by atoms with Crippen LogP contribution in [0.2, 0.25) is 5.02 Å². The second-order valence-corrected chi connectivity index (χ2v) is 3.91. The number of hydrogen-bond donors (Lipinski definition) is 1. The summed E-state index contributed by atoms with van der Waals surface area (Å²) in [6.07, 6.45) is 8.00. The van der Waals surface area contributed by atoms with E-state index in [1.807, 2.05) is 6.07 Å². The van der Waals surface area contributed by atoms with Gasteiger partial charge in [0.15, 0.2) is 0 Å². The number of unbranched alkanes of at least 4 members (excludes halogenated alkanes) is 2. The standard InChI is InChI=1S/C11H17ClN2.ClH/c1-2-3-4-5-11(13)9-6-7-14-8-10(9)12;/h6-8,11H,2-5,13H2,1H3;1H/t11-;/m1./s1. The molecule has 0 spiro atoms. The molecule has 0 radical (unpaired) electrons. The highest BCUT2D eigenvalue weighted by molar-refractivity contribution is 6.31. The largest absolute Gasteiger partial charge is 0.324 e. The second kappa shape index (κ2) is 7.91. The first-order valence-electron chi connectivity index (χ1n) is 5.10. The molecule has 0 aromatic carbocycles. The molecule has 0 bridgehead atoms. The summed E-state index contributed by atoms with van der Waals surface area (Å²) in [5, 5.41) is 0.677. The van der Waals surface area contributed by atoms with Gasteiger partial charge in [-0.05, 0) is 18.1 Å². The highest BCUT2D eigenvalue weighted by Crippen LogP contribution is 2.23. The average molecular weight is 249 g/mol. The minimum Gasteiger partial charge on any atom is -0.324 e. The fourth-order valence-electron chi connectivity index (χ4n) is 1.46. The van der Waals surface area contributed by atoms with Crippen molar-refractivity contribution in [1.29, 1.82) is 0 Å². The number of rotatable bonds is 5. The van der Waals surface area contributed by atoms with E-state index in [0.717, 1.165) is 18.4 Å². The van der Waals surface area contributed by atoms with Gasteiger partial charge in [-0.2, -0.15) is 0 Å².